The minimum Gasteiger partial charge on any atom is -0.330 e. The summed E-state index contributed by atoms with van der Waals surface area (Å²) in [5, 5.41) is 0.684. The largest absolute Gasteiger partial charge is 0.330 e. The average molecular weight is 241 g/mol. The van der Waals surface area contributed by atoms with Crippen molar-refractivity contribution in [3.05, 3.63) is 28.8 Å². The Kier molecular flexibility index (Phi) is 4.77. The molecule has 1 aromatic carbocycles. The summed E-state index contributed by atoms with van der Waals surface area (Å²) in [6, 6.07) is 5.52. The molecule has 88 valence electrons. The first-order valence-corrected chi connectivity index (χ1v) is 5.74. The van der Waals surface area contributed by atoms with E-state index in [0.29, 0.717) is 24.5 Å². The fraction of sp³-hybridized carbons (Fsp3) is 0.417. The molecule has 0 aliphatic heterocycles. The second-order valence-electron chi connectivity index (χ2n) is 3.61. The molecule has 0 aromatic heterocycles. The molecule has 4 heteroatoms. The molecule has 16 heavy (non-hydrogen) atoms. The summed E-state index contributed by atoms with van der Waals surface area (Å²) in [5.41, 5.74) is 7.30. The highest BCUT2D eigenvalue weighted by molar-refractivity contribution is 6.30. The Hall–Kier alpha value is -1.06. The number of hydrogen-bond acceptors (Lipinski definition) is 2. The van der Waals surface area contributed by atoms with E-state index >= 15 is 0 Å². The van der Waals surface area contributed by atoms with Gasteiger partial charge in [-0.1, -0.05) is 11.6 Å². The second kappa shape index (κ2) is 5.87. The smallest absolute Gasteiger partial charge is 0.228 e. The molecule has 0 radical (unpaired) electrons. The summed E-state index contributed by atoms with van der Waals surface area (Å²) in [7, 11) is 0. The summed E-state index contributed by atoms with van der Waals surface area (Å²) in [5.74, 6) is 0.0513. The summed E-state index contributed by atoms with van der Waals surface area (Å²) >= 11 is 5.88. The van der Waals surface area contributed by atoms with Crippen LogP contribution in [0.1, 0.15) is 18.9 Å². The number of benzene rings is 1. The van der Waals surface area contributed by atoms with Gasteiger partial charge < -0.3 is 10.6 Å². The Labute approximate surface area is 101 Å². The molecule has 1 aromatic rings. The Morgan fingerprint density at radius 1 is 1.50 bits per heavy atom. The molecule has 0 fully saturated rings. The lowest BCUT2D eigenvalue weighted by Crippen LogP contribution is -2.32. The molecular formula is C12H17ClN2O. The predicted octanol–water partition coefficient (Wildman–Crippen LogP) is 2.35. The van der Waals surface area contributed by atoms with E-state index in [4.69, 9.17) is 17.3 Å². The van der Waals surface area contributed by atoms with Crippen LogP contribution in [0.3, 0.4) is 0 Å². The molecular weight excluding hydrogens is 224 g/mol. The van der Waals surface area contributed by atoms with Crippen molar-refractivity contribution in [1.29, 1.82) is 0 Å². The first-order valence-electron chi connectivity index (χ1n) is 5.36. The first kappa shape index (κ1) is 13.0. The maximum Gasteiger partial charge on any atom is 0.228 e. The number of nitrogens with two attached hydrogens (primary N) is 1. The van der Waals surface area contributed by atoms with Gasteiger partial charge in [0, 0.05) is 30.2 Å². The topological polar surface area (TPSA) is 46.3 Å². The number of hydrogen-bond donors (Lipinski definition) is 1. The molecule has 0 atom stereocenters. The number of aryl methyl sites for hydroxylation is 1. The average Bonchev–Trinajstić information content (AvgIpc) is 2.22. The van der Waals surface area contributed by atoms with Crippen molar-refractivity contribution in [2.75, 3.05) is 18.0 Å². The number of nitrogens with zero attached hydrogens (tertiary/aromatic N) is 1. The zero-order valence-electron chi connectivity index (χ0n) is 9.66. The van der Waals surface area contributed by atoms with Crippen LogP contribution in [0.2, 0.25) is 5.02 Å². The monoisotopic (exact) mass is 240 g/mol. The molecule has 0 unspecified atom stereocenters. The van der Waals surface area contributed by atoms with Crippen LogP contribution in [0.4, 0.5) is 5.69 Å². The van der Waals surface area contributed by atoms with Gasteiger partial charge in [-0.3, -0.25) is 4.79 Å². The number of halogens is 1. The second-order valence-corrected chi connectivity index (χ2v) is 4.04. The quantitative estimate of drug-likeness (QED) is 0.878. The first-order chi connectivity index (χ1) is 7.60. The number of rotatable bonds is 4. The van der Waals surface area contributed by atoms with Gasteiger partial charge in [-0.25, -0.2) is 0 Å². The molecule has 0 spiro atoms. The normalized spacial score (nSPS) is 10.2. The van der Waals surface area contributed by atoms with E-state index in [9.17, 15) is 4.79 Å². The molecule has 0 aliphatic rings. The summed E-state index contributed by atoms with van der Waals surface area (Å²) in [6.07, 6.45) is 0.371. The van der Waals surface area contributed by atoms with E-state index < -0.39 is 0 Å². The Morgan fingerprint density at radius 3 is 2.69 bits per heavy atom. The molecule has 1 rings (SSSR count). The minimum atomic E-state index is 0.0513. The van der Waals surface area contributed by atoms with E-state index in [1.54, 1.807) is 11.0 Å². The third kappa shape index (κ3) is 2.97. The zero-order valence-corrected chi connectivity index (χ0v) is 10.4. The molecule has 0 heterocycles. The van der Waals surface area contributed by atoms with Crippen LogP contribution in [0.5, 0.6) is 0 Å². The standard InChI is InChI=1S/C12H17ClN2O/c1-3-15(12(16)6-7-14)11-5-4-10(13)8-9(11)2/h4-5,8H,3,6-7,14H2,1-2H3. The minimum absolute atomic E-state index is 0.0513. The number of carbonyl (C=O) groups excluding carboxylic acids is 1. The lowest BCUT2D eigenvalue weighted by molar-refractivity contribution is -0.118. The molecule has 0 saturated carbocycles. The van der Waals surface area contributed by atoms with Crippen LogP contribution >= 0.6 is 11.6 Å². The van der Waals surface area contributed by atoms with E-state index in [0.717, 1.165) is 11.3 Å². The van der Waals surface area contributed by atoms with Gasteiger partial charge in [0.2, 0.25) is 5.91 Å². The van der Waals surface area contributed by atoms with Gasteiger partial charge in [-0.15, -0.1) is 0 Å². The van der Waals surface area contributed by atoms with Crippen LogP contribution < -0.4 is 10.6 Å². The Bertz CT molecular complexity index is 379. The van der Waals surface area contributed by atoms with Gasteiger partial charge >= 0.3 is 0 Å². The predicted molar refractivity (Wildman–Crippen MR) is 67.9 cm³/mol. The van der Waals surface area contributed by atoms with Crippen molar-refractivity contribution in [3.8, 4) is 0 Å². The van der Waals surface area contributed by atoms with Crippen molar-refractivity contribution in [2.24, 2.45) is 5.73 Å². The maximum absolute atomic E-state index is 11.8. The maximum atomic E-state index is 11.8. The fourth-order valence-corrected chi connectivity index (χ4v) is 1.89. The van der Waals surface area contributed by atoms with E-state index in [1.165, 1.54) is 0 Å². The molecule has 2 N–H and O–H groups in total. The Morgan fingerprint density at radius 2 is 2.19 bits per heavy atom. The lowest BCUT2D eigenvalue weighted by Gasteiger charge is -2.22. The zero-order chi connectivity index (χ0) is 12.1. The van der Waals surface area contributed by atoms with Gasteiger partial charge in [0.05, 0.1) is 0 Å². The van der Waals surface area contributed by atoms with Crippen molar-refractivity contribution in [1.82, 2.24) is 0 Å². The van der Waals surface area contributed by atoms with Crippen LogP contribution in [-0.2, 0) is 4.79 Å². The SMILES string of the molecule is CCN(C(=O)CCN)c1ccc(Cl)cc1C. The van der Waals surface area contributed by atoms with Gasteiger partial charge in [0.25, 0.3) is 0 Å². The molecule has 0 aliphatic carbocycles. The van der Waals surface area contributed by atoms with E-state index in [1.807, 2.05) is 26.0 Å². The Balaban J connectivity index is 2.99. The molecule has 0 saturated heterocycles. The number of amides is 1. The van der Waals surface area contributed by atoms with Crippen LogP contribution in [0.15, 0.2) is 18.2 Å². The summed E-state index contributed by atoms with van der Waals surface area (Å²) in [4.78, 5) is 13.6. The van der Waals surface area contributed by atoms with Gasteiger partial charge in [-0.2, -0.15) is 0 Å². The highest BCUT2D eigenvalue weighted by Gasteiger charge is 2.14. The van der Waals surface area contributed by atoms with E-state index in [2.05, 4.69) is 0 Å². The summed E-state index contributed by atoms with van der Waals surface area (Å²) in [6.45, 7) is 4.91. The third-order valence-corrected chi connectivity index (χ3v) is 2.66. The highest BCUT2D eigenvalue weighted by Crippen LogP contribution is 2.23. The van der Waals surface area contributed by atoms with Gasteiger partial charge in [-0.05, 0) is 37.6 Å². The van der Waals surface area contributed by atoms with Crippen molar-refractivity contribution in [2.45, 2.75) is 20.3 Å². The highest BCUT2D eigenvalue weighted by atomic mass is 35.5. The number of carbonyl (C=O) groups is 1. The third-order valence-electron chi connectivity index (χ3n) is 2.43. The van der Waals surface area contributed by atoms with Crippen molar-refractivity contribution in [3.63, 3.8) is 0 Å². The van der Waals surface area contributed by atoms with E-state index in [-0.39, 0.29) is 5.91 Å². The van der Waals surface area contributed by atoms with Crippen LogP contribution in [0, 0.1) is 6.92 Å². The van der Waals surface area contributed by atoms with Crippen LogP contribution in [-0.4, -0.2) is 19.0 Å². The number of anilines is 1. The van der Waals surface area contributed by atoms with Crippen LogP contribution in [0.25, 0.3) is 0 Å². The van der Waals surface area contributed by atoms with Crippen molar-refractivity contribution >= 4 is 23.2 Å². The summed E-state index contributed by atoms with van der Waals surface area (Å²) < 4.78 is 0. The van der Waals surface area contributed by atoms with Gasteiger partial charge in [0.1, 0.15) is 0 Å². The van der Waals surface area contributed by atoms with Gasteiger partial charge in [0.15, 0.2) is 0 Å². The molecule has 1 amide bonds. The molecule has 0 bridgehead atoms. The molecule has 3 nitrogen and oxygen atoms in total. The van der Waals surface area contributed by atoms with Crippen molar-refractivity contribution < 1.29 is 4.79 Å². The fourth-order valence-electron chi connectivity index (χ4n) is 1.66. The lowest BCUT2D eigenvalue weighted by atomic mass is 10.1.